The van der Waals surface area contributed by atoms with E-state index in [2.05, 4.69) is 46.7 Å². The van der Waals surface area contributed by atoms with Gasteiger partial charge in [0.25, 0.3) is 0 Å². The Labute approximate surface area is 167 Å². The molecule has 2 heteroatoms. The van der Waals surface area contributed by atoms with Crippen molar-refractivity contribution >= 4 is 0 Å². The van der Waals surface area contributed by atoms with Crippen LogP contribution in [0.3, 0.4) is 0 Å². The molecular formula is C24H54N2. The lowest BCUT2D eigenvalue weighted by Gasteiger charge is -2.17. The maximum atomic E-state index is 5.85. The second kappa shape index (κ2) is 21.2. The average molecular weight is 371 g/mol. The maximum absolute atomic E-state index is 5.85. The topological polar surface area (TPSA) is 29.3 Å². The average Bonchev–Trinajstić information content (AvgIpc) is 2.56. The van der Waals surface area contributed by atoms with Gasteiger partial charge in [0.1, 0.15) is 0 Å². The molecule has 0 aromatic rings. The fourth-order valence-electron chi connectivity index (χ4n) is 3.10. The van der Waals surface area contributed by atoms with Crippen LogP contribution in [0.25, 0.3) is 0 Å². The van der Waals surface area contributed by atoms with Gasteiger partial charge in [-0.1, -0.05) is 104 Å². The van der Waals surface area contributed by atoms with Crippen molar-refractivity contribution in [3.8, 4) is 0 Å². The van der Waals surface area contributed by atoms with Crippen molar-refractivity contribution in [2.75, 3.05) is 20.6 Å². The second-order valence-corrected chi connectivity index (χ2v) is 9.14. The molecule has 0 amide bonds. The molecule has 0 spiro atoms. The Kier molecular flexibility index (Phi) is 23.0. The zero-order valence-electron chi connectivity index (χ0n) is 19.5. The quantitative estimate of drug-likeness (QED) is 0.268. The predicted molar refractivity (Wildman–Crippen MR) is 122 cm³/mol. The van der Waals surface area contributed by atoms with Crippen molar-refractivity contribution in [1.29, 1.82) is 0 Å². The highest BCUT2D eigenvalue weighted by Crippen LogP contribution is 2.12. The molecule has 160 valence electrons. The summed E-state index contributed by atoms with van der Waals surface area (Å²) in [6.45, 7) is 9.99. The molecule has 26 heavy (non-hydrogen) atoms. The van der Waals surface area contributed by atoms with E-state index in [1.165, 1.54) is 103 Å². The van der Waals surface area contributed by atoms with E-state index < -0.39 is 0 Å². The van der Waals surface area contributed by atoms with Crippen molar-refractivity contribution in [3.05, 3.63) is 0 Å². The molecule has 0 bridgehead atoms. The minimum atomic E-state index is 0.0478. The van der Waals surface area contributed by atoms with Crippen LogP contribution in [0.2, 0.25) is 0 Å². The van der Waals surface area contributed by atoms with Gasteiger partial charge in [0, 0.05) is 5.54 Å². The van der Waals surface area contributed by atoms with Crippen LogP contribution in [0.15, 0.2) is 0 Å². The molecule has 0 fully saturated rings. The van der Waals surface area contributed by atoms with E-state index in [1.807, 2.05) is 0 Å². The van der Waals surface area contributed by atoms with Gasteiger partial charge in [-0.2, -0.15) is 0 Å². The smallest absolute Gasteiger partial charge is 0.00970 e. The molecule has 0 rings (SSSR count). The zero-order valence-corrected chi connectivity index (χ0v) is 19.5. The molecule has 0 saturated heterocycles. The van der Waals surface area contributed by atoms with Crippen molar-refractivity contribution in [1.82, 2.24) is 4.90 Å². The SMILES string of the molecule is CCCCCCCC(C)(C)N.CCCCCCCCCCCCN(C)C. The van der Waals surface area contributed by atoms with Crippen LogP contribution in [0.1, 0.15) is 130 Å². The summed E-state index contributed by atoms with van der Waals surface area (Å²) < 4.78 is 0. The summed E-state index contributed by atoms with van der Waals surface area (Å²) in [5.74, 6) is 0. The number of nitrogens with zero attached hydrogens (tertiary/aromatic N) is 1. The van der Waals surface area contributed by atoms with Crippen LogP contribution in [-0.4, -0.2) is 31.1 Å². The standard InChI is InChI=1S/C14H31N.C10H23N/c1-4-5-6-7-8-9-10-11-12-13-14-15(2)3;1-4-5-6-7-8-9-10(2,3)11/h4-14H2,1-3H3;4-9,11H2,1-3H3. The molecular weight excluding hydrogens is 316 g/mol. The summed E-state index contributed by atoms with van der Waals surface area (Å²) >= 11 is 0. The molecule has 0 heterocycles. The fourth-order valence-corrected chi connectivity index (χ4v) is 3.10. The van der Waals surface area contributed by atoms with E-state index in [0.29, 0.717) is 0 Å². The molecule has 0 radical (unpaired) electrons. The Morgan fingerprint density at radius 3 is 1.27 bits per heavy atom. The Morgan fingerprint density at radius 1 is 0.577 bits per heavy atom. The third-order valence-corrected chi connectivity index (χ3v) is 4.88. The summed E-state index contributed by atoms with van der Waals surface area (Å²) in [6.07, 6.45) is 22.3. The first kappa shape index (κ1) is 28.1. The summed E-state index contributed by atoms with van der Waals surface area (Å²) in [6, 6.07) is 0. The van der Waals surface area contributed by atoms with E-state index >= 15 is 0 Å². The molecule has 0 saturated carbocycles. The normalized spacial score (nSPS) is 11.5. The van der Waals surface area contributed by atoms with Gasteiger partial charge < -0.3 is 10.6 Å². The van der Waals surface area contributed by atoms with Gasteiger partial charge in [-0.3, -0.25) is 0 Å². The zero-order chi connectivity index (χ0) is 20.1. The number of rotatable bonds is 17. The molecule has 0 atom stereocenters. The lowest BCUT2D eigenvalue weighted by Crippen LogP contribution is -2.31. The highest BCUT2D eigenvalue weighted by atomic mass is 15.0. The first-order valence-electron chi connectivity index (χ1n) is 11.8. The highest BCUT2D eigenvalue weighted by Gasteiger charge is 2.08. The molecule has 2 N–H and O–H groups in total. The molecule has 0 unspecified atom stereocenters. The van der Waals surface area contributed by atoms with E-state index in [9.17, 15) is 0 Å². The third kappa shape index (κ3) is 31.7. The summed E-state index contributed by atoms with van der Waals surface area (Å²) in [5.41, 5.74) is 5.90. The Bertz CT molecular complexity index is 243. The van der Waals surface area contributed by atoms with Gasteiger partial charge in [0.15, 0.2) is 0 Å². The van der Waals surface area contributed by atoms with E-state index in [0.717, 1.165) is 6.42 Å². The van der Waals surface area contributed by atoms with Crippen LogP contribution in [0.4, 0.5) is 0 Å². The predicted octanol–water partition coefficient (Wildman–Crippen LogP) is 7.55. The minimum absolute atomic E-state index is 0.0478. The Hall–Kier alpha value is -0.0800. The van der Waals surface area contributed by atoms with E-state index in [4.69, 9.17) is 5.73 Å². The molecule has 0 aliphatic rings. The molecule has 0 aliphatic carbocycles. The van der Waals surface area contributed by atoms with Crippen LogP contribution in [0, 0.1) is 0 Å². The maximum Gasteiger partial charge on any atom is 0.00970 e. The summed E-state index contributed by atoms with van der Waals surface area (Å²) in [4.78, 5) is 2.28. The monoisotopic (exact) mass is 370 g/mol. The Morgan fingerprint density at radius 2 is 0.923 bits per heavy atom. The van der Waals surface area contributed by atoms with Crippen LogP contribution >= 0.6 is 0 Å². The number of hydrogen-bond acceptors (Lipinski definition) is 2. The summed E-state index contributed by atoms with van der Waals surface area (Å²) in [5, 5.41) is 0. The van der Waals surface area contributed by atoms with Gasteiger partial charge in [-0.05, 0) is 47.3 Å². The lowest BCUT2D eigenvalue weighted by atomic mass is 9.98. The van der Waals surface area contributed by atoms with Crippen molar-refractivity contribution < 1.29 is 0 Å². The first-order chi connectivity index (χ1) is 12.3. The van der Waals surface area contributed by atoms with E-state index in [-0.39, 0.29) is 5.54 Å². The largest absolute Gasteiger partial charge is 0.326 e. The van der Waals surface area contributed by atoms with Crippen molar-refractivity contribution in [2.45, 2.75) is 136 Å². The van der Waals surface area contributed by atoms with Gasteiger partial charge in [0.2, 0.25) is 0 Å². The van der Waals surface area contributed by atoms with Gasteiger partial charge >= 0.3 is 0 Å². The van der Waals surface area contributed by atoms with Crippen molar-refractivity contribution in [3.63, 3.8) is 0 Å². The highest BCUT2D eigenvalue weighted by molar-refractivity contribution is 4.70. The number of unbranched alkanes of at least 4 members (excludes halogenated alkanes) is 13. The van der Waals surface area contributed by atoms with Gasteiger partial charge in [-0.25, -0.2) is 0 Å². The van der Waals surface area contributed by atoms with Crippen molar-refractivity contribution in [2.24, 2.45) is 5.73 Å². The van der Waals surface area contributed by atoms with Crippen LogP contribution in [0.5, 0.6) is 0 Å². The van der Waals surface area contributed by atoms with Crippen LogP contribution in [-0.2, 0) is 0 Å². The third-order valence-electron chi connectivity index (χ3n) is 4.88. The van der Waals surface area contributed by atoms with Gasteiger partial charge in [-0.15, -0.1) is 0 Å². The second-order valence-electron chi connectivity index (χ2n) is 9.14. The van der Waals surface area contributed by atoms with Gasteiger partial charge in [0.05, 0.1) is 0 Å². The summed E-state index contributed by atoms with van der Waals surface area (Å²) in [7, 11) is 4.32. The molecule has 2 nitrogen and oxygen atoms in total. The number of nitrogens with two attached hydrogens (primary N) is 1. The van der Waals surface area contributed by atoms with E-state index in [1.54, 1.807) is 0 Å². The Balaban J connectivity index is 0. The van der Waals surface area contributed by atoms with Crippen LogP contribution < -0.4 is 5.73 Å². The molecule has 0 aliphatic heterocycles. The lowest BCUT2D eigenvalue weighted by molar-refractivity contribution is 0.389. The molecule has 0 aromatic carbocycles. The number of hydrogen-bond donors (Lipinski definition) is 1. The fraction of sp³-hybridized carbons (Fsp3) is 1.00. The first-order valence-corrected chi connectivity index (χ1v) is 11.8. The molecule has 0 aromatic heterocycles. The minimum Gasteiger partial charge on any atom is -0.326 e.